The number of alkyl carbamates (subject to hydrolysis) is 2. The molecular formula is C43H51N9O6. The van der Waals surface area contributed by atoms with Crippen molar-refractivity contribution in [3.63, 3.8) is 0 Å². The van der Waals surface area contributed by atoms with Crippen LogP contribution in [0.5, 0.6) is 0 Å². The molecular weight excluding hydrogens is 739 g/mol. The van der Waals surface area contributed by atoms with Crippen molar-refractivity contribution in [1.29, 1.82) is 0 Å². The summed E-state index contributed by atoms with van der Waals surface area (Å²) in [5.74, 6) is 0.860. The van der Waals surface area contributed by atoms with Gasteiger partial charge in [0.1, 0.15) is 24.1 Å². The summed E-state index contributed by atoms with van der Waals surface area (Å²) in [7, 11) is 2.64. The Morgan fingerprint density at radius 1 is 0.759 bits per heavy atom. The van der Waals surface area contributed by atoms with Crippen LogP contribution in [-0.2, 0) is 19.1 Å². The first-order chi connectivity index (χ1) is 28.3. The number of nitrogens with one attached hydrogen (secondary N) is 4. The van der Waals surface area contributed by atoms with Crippen molar-refractivity contribution in [2.75, 3.05) is 33.9 Å². The van der Waals surface area contributed by atoms with Crippen molar-refractivity contribution in [3.05, 3.63) is 60.0 Å². The third-order valence-corrected chi connectivity index (χ3v) is 13.1. The summed E-state index contributed by atoms with van der Waals surface area (Å²) in [6.07, 6.45) is 9.61. The first-order valence-corrected chi connectivity index (χ1v) is 20.8. The van der Waals surface area contributed by atoms with E-state index in [9.17, 15) is 19.2 Å². The van der Waals surface area contributed by atoms with E-state index in [1.165, 1.54) is 14.2 Å². The Balaban J connectivity index is 0.893. The number of fused-ring (bicyclic) bond motifs is 2. The molecule has 0 radical (unpaired) electrons. The topological polar surface area (TPSA) is 183 Å². The first kappa shape index (κ1) is 38.0. The standard InChI is InChI=1S/C43H51N9O6/c1-57-42(55)49-36(24-7-3-8-24)40(53)51-17-5-11-34(51)38-45-22-32(47-38)29-16-14-26-19-28(15-13-27(26)20-29)30-21-31-33(23-44-30)48-39(46-31)35-12-6-18-52(35)41(54)37(25-9-4-10-25)50-43(56)58-2/h13-16,19-21,23-25,34-38,45H,3-12,17-18,22H2,1-2H3,(H,46,48)(H,49,55)(H,50,56). The van der Waals surface area contributed by atoms with Gasteiger partial charge in [-0.05, 0) is 97.7 Å². The maximum atomic E-state index is 13.8. The van der Waals surface area contributed by atoms with Crippen molar-refractivity contribution in [2.24, 2.45) is 16.8 Å². The highest BCUT2D eigenvalue weighted by molar-refractivity contribution is 6.06. The first-order valence-electron chi connectivity index (χ1n) is 20.8. The smallest absolute Gasteiger partial charge is 0.407 e. The van der Waals surface area contributed by atoms with E-state index < -0.39 is 24.3 Å². The van der Waals surface area contributed by atoms with E-state index in [-0.39, 0.29) is 41.9 Å². The van der Waals surface area contributed by atoms with Crippen LogP contribution in [0.25, 0.3) is 33.1 Å². The largest absolute Gasteiger partial charge is 0.453 e. The van der Waals surface area contributed by atoms with Gasteiger partial charge in [-0.1, -0.05) is 37.1 Å². The average Bonchev–Trinajstić information content (AvgIpc) is 4.04. The van der Waals surface area contributed by atoms with E-state index in [0.29, 0.717) is 19.6 Å². The van der Waals surface area contributed by atoms with E-state index >= 15 is 0 Å². The van der Waals surface area contributed by atoms with Gasteiger partial charge in [0, 0.05) is 25.2 Å². The molecule has 5 heterocycles. The van der Waals surface area contributed by atoms with Gasteiger partial charge in [0.2, 0.25) is 11.8 Å². The number of methoxy groups -OCH3 is 2. The summed E-state index contributed by atoms with van der Waals surface area (Å²) < 4.78 is 9.68. The molecule has 0 spiro atoms. The fourth-order valence-electron chi connectivity index (χ4n) is 9.44. The molecule has 4 fully saturated rings. The zero-order valence-corrected chi connectivity index (χ0v) is 33.0. The fourth-order valence-corrected chi connectivity index (χ4v) is 9.44. The molecule has 4 amide bonds. The van der Waals surface area contributed by atoms with E-state index in [4.69, 9.17) is 24.4 Å². The second-order valence-corrected chi connectivity index (χ2v) is 16.4. The molecule has 304 valence electrons. The minimum Gasteiger partial charge on any atom is -0.453 e. The summed E-state index contributed by atoms with van der Waals surface area (Å²) in [5, 5.41) is 11.3. The van der Waals surface area contributed by atoms with Gasteiger partial charge in [-0.15, -0.1) is 0 Å². The van der Waals surface area contributed by atoms with Crippen LogP contribution < -0.4 is 16.0 Å². The number of ether oxygens (including phenoxy) is 2. The average molecular weight is 790 g/mol. The normalized spacial score (nSPS) is 23.3. The predicted octanol–water partition coefficient (Wildman–Crippen LogP) is 5.20. The van der Waals surface area contributed by atoms with Crippen LogP contribution in [-0.4, -0.2) is 113 Å². The van der Waals surface area contributed by atoms with Crippen LogP contribution >= 0.6 is 0 Å². The Hall–Kier alpha value is -5.57. The number of benzene rings is 2. The van der Waals surface area contributed by atoms with E-state index in [1.807, 2.05) is 15.9 Å². The molecule has 0 bridgehead atoms. The number of aliphatic imine (C=N–C) groups is 1. The lowest BCUT2D eigenvalue weighted by atomic mass is 9.79. The number of amides is 4. The third-order valence-electron chi connectivity index (χ3n) is 13.1. The highest BCUT2D eigenvalue weighted by Crippen LogP contribution is 2.37. The van der Waals surface area contributed by atoms with E-state index in [1.54, 1.807) is 6.20 Å². The monoisotopic (exact) mass is 789 g/mol. The molecule has 58 heavy (non-hydrogen) atoms. The number of likely N-dealkylation sites (tertiary alicyclic amines) is 2. The highest BCUT2D eigenvalue weighted by Gasteiger charge is 2.44. The second kappa shape index (κ2) is 16.0. The summed E-state index contributed by atoms with van der Waals surface area (Å²) in [4.78, 5) is 74.0. The quantitative estimate of drug-likeness (QED) is 0.168. The summed E-state index contributed by atoms with van der Waals surface area (Å²) in [5.41, 5.74) is 5.34. The van der Waals surface area contributed by atoms with Crippen LogP contribution in [0.4, 0.5) is 9.59 Å². The number of pyridine rings is 1. The molecule has 5 aliphatic rings. The summed E-state index contributed by atoms with van der Waals surface area (Å²) >= 11 is 0. The Kier molecular flexibility index (Phi) is 10.5. The number of imidazole rings is 1. The van der Waals surface area contributed by atoms with Crippen LogP contribution in [0.2, 0.25) is 0 Å². The Labute approximate surface area is 336 Å². The van der Waals surface area contributed by atoms with Gasteiger partial charge in [0.05, 0.1) is 54.9 Å². The highest BCUT2D eigenvalue weighted by atomic mass is 16.5. The summed E-state index contributed by atoms with van der Waals surface area (Å²) in [6, 6.07) is 13.2. The fraction of sp³-hybridized carbons (Fsp3) is 0.512. The van der Waals surface area contributed by atoms with Crippen molar-refractivity contribution in [2.45, 2.75) is 94.5 Å². The molecule has 5 atom stereocenters. The number of rotatable bonds is 10. The van der Waals surface area contributed by atoms with Crippen LogP contribution in [0.1, 0.15) is 81.6 Å². The zero-order valence-electron chi connectivity index (χ0n) is 33.0. The minimum atomic E-state index is -0.600. The zero-order chi connectivity index (χ0) is 39.9. The number of aromatic nitrogens is 3. The number of hydrogen-bond donors (Lipinski definition) is 4. The Morgan fingerprint density at radius 3 is 2.03 bits per heavy atom. The molecule has 2 aliphatic carbocycles. The molecule has 4 aromatic rings. The number of carbonyl (C=O) groups is 4. The maximum absolute atomic E-state index is 13.8. The van der Waals surface area contributed by atoms with Crippen LogP contribution in [0.15, 0.2) is 53.7 Å². The number of hydrogen-bond acceptors (Lipinski definition) is 10. The molecule has 4 N–H and O–H groups in total. The SMILES string of the molecule is COC(=O)NC(C(=O)N1CCCC1c1nc2cc(-c3ccc4cc(C5=NC(C6CCCN6C(=O)C(NC(=O)OC)C6CCC6)NC5)ccc4c3)ncc2[nH]1)C1CCC1. The molecule has 3 aliphatic heterocycles. The Bertz CT molecular complexity index is 2270. The molecule has 15 heteroatoms. The van der Waals surface area contributed by atoms with Gasteiger partial charge in [0.15, 0.2) is 0 Å². The number of H-pyrrole nitrogens is 1. The van der Waals surface area contributed by atoms with Gasteiger partial charge in [-0.2, -0.15) is 0 Å². The molecule has 9 rings (SSSR count). The van der Waals surface area contributed by atoms with Crippen molar-refractivity contribution >= 4 is 51.5 Å². The number of carbonyl (C=O) groups excluding carboxylic acids is 4. The number of aromatic amines is 1. The third kappa shape index (κ3) is 7.24. The van der Waals surface area contributed by atoms with Gasteiger partial charge in [-0.25, -0.2) is 14.6 Å². The molecule has 5 unspecified atom stereocenters. The summed E-state index contributed by atoms with van der Waals surface area (Å²) in [6.45, 7) is 1.86. The molecule has 2 aromatic carbocycles. The van der Waals surface area contributed by atoms with Crippen molar-refractivity contribution in [3.8, 4) is 11.3 Å². The second-order valence-electron chi connectivity index (χ2n) is 16.4. The van der Waals surface area contributed by atoms with Gasteiger partial charge in [0.25, 0.3) is 0 Å². The van der Waals surface area contributed by atoms with Gasteiger partial charge >= 0.3 is 12.2 Å². The molecule has 15 nitrogen and oxygen atoms in total. The predicted molar refractivity (Wildman–Crippen MR) is 217 cm³/mol. The van der Waals surface area contributed by atoms with Crippen LogP contribution in [0, 0.1) is 11.8 Å². The minimum absolute atomic E-state index is 0.0399. The van der Waals surface area contributed by atoms with Crippen LogP contribution in [0.3, 0.4) is 0 Å². The van der Waals surface area contributed by atoms with E-state index in [2.05, 4.69) is 57.3 Å². The molecule has 2 aromatic heterocycles. The molecule has 2 saturated heterocycles. The Morgan fingerprint density at radius 2 is 1.38 bits per heavy atom. The maximum Gasteiger partial charge on any atom is 0.407 e. The van der Waals surface area contributed by atoms with Gasteiger partial charge in [-0.3, -0.25) is 24.9 Å². The number of nitrogens with zero attached hydrogens (tertiary/aromatic N) is 5. The lowest BCUT2D eigenvalue weighted by Crippen LogP contribution is -2.57. The van der Waals surface area contributed by atoms with Crippen molar-refractivity contribution in [1.82, 2.24) is 40.7 Å². The lowest BCUT2D eigenvalue weighted by Gasteiger charge is -2.37. The lowest BCUT2D eigenvalue weighted by molar-refractivity contribution is -0.137. The van der Waals surface area contributed by atoms with E-state index in [0.717, 1.165) is 114 Å². The van der Waals surface area contributed by atoms with Crippen molar-refractivity contribution < 1.29 is 28.7 Å². The van der Waals surface area contributed by atoms with Gasteiger partial charge < -0.3 is 34.9 Å². The molecule has 2 saturated carbocycles.